The lowest BCUT2D eigenvalue weighted by molar-refractivity contribution is 0.0611. The molecule has 2 heterocycles. The maximum Gasteiger partial charge on any atom is 0.257 e. The number of halogens is 1. The minimum Gasteiger partial charge on any atom is -0.345 e. The fourth-order valence-corrected chi connectivity index (χ4v) is 5.22. The van der Waals surface area contributed by atoms with E-state index in [0.717, 1.165) is 30.2 Å². The van der Waals surface area contributed by atoms with Gasteiger partial charge in [0.2, 0.25) is 0 Å². The highest BCUT2D eigenvalue weighted by molar-refractivity contribution is 7.13. The van der Waals surface area contributed by atoms with Gasteiger partial charge in [-0.15, -0.1) is 11.3 Å². The van der Waals surface area contributed by atoms with Gasteiger partial charge in [-0.05, 0) is 44.7 Å². The summed E-state index contributed by atoms with van der Waals surface area (Å²) in [4.78, 5) is 26.7. The number of nitrogens with zero attached hydrogens (tertiary/aromatic N) is 4. The Morgan fingerprint density at radius 1 is 1.21 bits per heavy atom. The Morgan fingerprint density at radius 2 is 2.00 bits per heavy atom. The third-order valence-corrected chi connectivity index (χ3v) is 6.94. The molecular formula is C21H27ClN4OS. The average Bonchev–Trinajstić information content (AvgIpc) is 3.45. The second-order valence-corrected chi connectivity index (χ2v) is 8.90. The second-order valence-electron chi connectivity index (χ2n) is 7.71. The molecule has 2 fully saturated rings. The van der Waals surface area contributed by atoms with Crippen molar-refractivity contribution in [2.75, 3.05) is 11.4 Å². The van der Waals surface area contributed by atoms with Gasteiger partial charge in [0, 0.05) is 30.2 Å². The zero-order chi connectivity index (χ0) is 19.5. The maximum absolute atomic E-state index is 13.4. The van der Waals surface area contributed by atoms with Crippen LogP contribution < -0.4 is 4.90 Å². The highest BCUT2D eigenvalue weighted by Crippen LogP contribution is 2.34. The van der Waals surface area contributed by atoms with E-state index in [1.165, 1.54) is 32.1 Å². The van der Waals surface area contributed by atoms with Gasteiger partial charge in [-0.2, -0.15) is 0 Å². The lowest BCUT2D eigenvalue weighted by atomic mass is 9.93. The number of pyridine rings is 1. The van der Waals surface area contributed by atoms with E-state index < -0.39 is 0 Å². The molecule has 0 saturated heterocycles. The van der Waals surface area contributed by atoms with E-state index >= 15 is 0 Å². The molecule has 0 aliphatic heterocycles. The Morgan fingerprint density at radius 3 is 2.68 bits per heavy atom. The van der Waals surface area contributed by atoms with E-state index in [0.29, 0.717) is 18.2 Å². The summed E-state index contributed by atoms with van der Waals surface area (Å²) >= 11 is 7.92. The van der Waals surface area contributed by atoms with Crippen LogP contribution >= 0.6 is 22.9 Å². The number of carbonyl (C=O) groups is 1. The topological polar surface area (TPSA) is 49.3 Å². The van der Waals surface area contributed by atoms with Gasteiger partial charge >= 0.3 is 0 Å². The van der Waals surface area contributed by atoms with Gasteiger partial charge in [0.15, 0.2) is 5.13 Å². The quantitative estimate of drug-likeness (QED) is 0.583. The van der Waals surface area contributed by atoms with Crippen LogP contribution in [-0.4, -0.2) is 39.4 Å². The summed E-state index contributed by atoms with van der Waals surface area (Å²) in [6.07, 6.45) is 9.82. The van der Waals surface area contributed by atoms with Crippen LogP contribution in [0.2, 0.25) is 5.15 Å². The van der Waals surface area contributed by atoms with Crippen LogP contribution in [0.5, 0.6) is 0 Å². The van der Waals surface area contributed by atoms with Gasteiger partial charge in [-0.3, -0.25) is 4.79 Å². The molecule has 7 heteroatoms. The number of anilines is 1. The molecule has 2 aromatic rings. The Labute approximate surface area is 175 Å². The van der Waals surface area contributed by atoms with Crippen molar-refractivity contribution in [3.05, 3.63) is 40.1 Å². The van der Waals surface area contributed by atoms with E-state index in [9.17, 15) is 4.79 Å². The number of amides is 1. The van der Waals surface area contributed by atoms with Gasteiger partial charge in [0.05, 0.1) is 17.8 Å². The Kier molecular flexibility index (Phi) is 6.16. The van der Waals surface area contributed by atoms with Crippen LogP contribution in [0.3, 0.4) is 0 Å². The predicted molar refractivity (Wildman–Crippen MR) is 114 cm³/mol. The summed E-state index contributed by atoms with van der Waals surface area (Å²) in [7, 11) is 0. The third-order valence-electron chi connectivity index (χ3n) is 5.71. The van der Waals surface area contributed by atoms with Gasteiger partial charge < -0.3 is 9.80 Å². The summed E-state index contributed by atoms with van der Waals surface area (Å²) in [6, 6.07) is 4.43. The van der Waals surface area contributed by atoms with Gasteiger partial charge in [0.1, 0.15) is 5.15 Å². The average molecular weight is 419 g/mol. The molecule has 0 radical (unpaired) electrons. The van der Waals surface area contributed by atoms with E-state index in [1.54, 1.807) is 29.7 Å². The first-order valence-electron chi connectivity index (χ1n) is 10.3. The number of carbonyl (C=O) groups excluding carboxylic acids is 1. The van der Waals surface area contributed by atoms with Crippen molar-refractivity contribution in [3.63, 3.8) is 0 Å². The van der Waals surface area contributed by atoms with Crippen molar-refractivity contribution in [1.82, 2.24) is 14.9 Å². The molecule has 2 aliphatic rings. The molecule has 2 aliphatic carbocycles. The van der Waals surface area contributed by atoms with Gasteiger partial charge in [0.25, 0.3) is 5.91 Å². The molecule has 0 aromatic carbocycles. The fourth-order valence-electron chi connectivity index (χ4n) is 4.07. The largest absolute Gasteiger partial charge is 0.345 e. The van der Waals surface area contributed by atoms with Crippen molar-refractivity contribution >= 4 is 34.0 Å². The third kappa shape index (κ3) is 4.33. The summed E-state index contributed by atoms with van der Waals surface area (Å²) in [5.41, 5.74) is 1.45. The van der Waals surface area contributed by atoms with E-state index in [1.807, 2.05) is 4.90 Å². The van der Waals surface area contributed by atoms with E-state index in [4.69, 9.17) is 16.6 Å². The summed E-state index contributed by atoms with van der Waals surface area (Å²) < 4.78 is 0. The molecule has 0 unspecified atom stereocenters. The highest BCUT2D eigenvalue weighted by Gasteiger charge is 2.31. The first-order valence-corrected chi connectivity index (χ1v) is 11.6. The molecule has 4 rings (SSSR count). The molecule has 0 N–H and O–H groups in total. The van der Waals surface area contributed by atoms with Crippen LogP contribution in [0.1, 0.15) is 67.9 Å². The number of hydrogen-bond donors (Lipinski definition) is 0. The monoisotopic (exact) mass is 418 g/mol. The number of hydrogen-bond acceptors (Lipinski definition) is 5. The lowest BCUT2D eigenvalue weighted by Crippen LogP contribution is -2.41. The molecule has 2 aromatic heterocycles. The maximum atomic E-state index is 13.4. The molecule has 28 heavy (non-hydrogen) atoms. The fraction of sp³-hybridized carbons (Fsp3) is 0.571. The summed E-state index contributed by atoms with van der Waals surface area (Å²) in [5, 5.41) is 3.46. The normalized spacial score (nSPS) is 17.5. The minimum absolute atomic E-state index is 0.0332. The second kappa shape index (κ2) is 8.78. The number of rotatable bonds is 7. The van der Waals surface area contributed by atoms with Crippen molar-refractivity contribution < 1.29 is 4.79 Å². The van der Waals surface area contributed by atoms with Crippen LogP contribution in [-0.2, 0) is 6.54 Å². The SMILES string of the molecule is CCN(c1nc(CN(C(=O)c2cccnc2Cl)C2CCCCC2)cs1)C1CC1. The molecular weight excluding hydrogens is 392 g/mol. The Hall–Kier alpha value is -1.66. The summed E-state index contributed by atoms with van der Waals surface area (Å²) in [6.45, 7) is 3.70. The van der Waals surface area contributed by atoms with E-state index in [-0.39, 0.29) is 17.1 Å². The van der Waals surface area contributed by atoms with Crippen LogP contribution in [0.15, 0.2) is 23.7 Å². The van der Waals surface area contributed by atoms with Gasteiger partial charge in [-0.25, -0.2) is 9.97 Å². The molecule has 150 valence electrons. The summed E-state index contributed by atoms with van der Waals surface area (Å²) in [5.74, 6) is -0.0332. The minimum atomic E-state index is -0.0332. The molecule has 0 atom stereocenters. The van der Waals surface area contributed by atoms with Gasteiger partial charge in [-0.1, -0.05) is 30.9 Å². The Balaban J connectivity index is 1.56. The predicted octanol–water partition coefficient (Wildman–Crippen LogP) is 5.16. The number of aromatic nitrogens is 2. The van der Waals surface area contributed by atoms with E-state index in [2.05, 4.69) is 22.2 Å². The molecule has 0 spiro atoms. The zero-order valence-electron chi connectivity index (χ0n) is 16.3. The number of thiazole rings is 1. The zero-order valence-corrected chi connectivity index (χ0v) is 17.9. The Bertz CT molecular complexity index is 816. The molecule has 0 bridgehead atoms. The van der Waals surface area contributed by atoms with Crippen LogP contribution in [0.4, 0.5) is 5.13 Å². The standard InChI is InChI=1S/C21H27ClN4OS/c1-2-25(17-10-11-17)21-24-15(14-28-21)13-26(16-7-4-3-5-8-16)20(27)18-9-6-12-23-19(18)22/h6,9,12,14,16-17H,2-5,7-8,10-11,13H2,1H3. The first kappa shape index (κ1) is 19.6. The smallest absolute Gasteiger partial charge is 0.257 e. The van der Waals surface area contributed by atoms with Crippen molar-refractivity contribution in [3.8, 4) is 0 Å². The highest BCUT2D eigenvalue weighted by atomic mass is 35.5. The molecule has 2 saturated carbocycles. The van der Waals surface area contributed by atoms with Crippen molar-refractivity contribution in [2.45, 2.75) is 70.5 Å². The molecule has 5 nitrogen and oxygen atoms in total. The first-order chi connectivity index (χ1) is 13.7. The lowest BCUT2D eigenvalue weighted by Gasteiger charge is -2.34. The van der Waals surface area contributed by atoms with Crippen LogP contribution in [0.25, 0.3) is 0 Å². The van der Waals surface area contributed by atoms with Crippen molar-refractivity contribution in [2.24, 2.45) is 0 Å². The molecule has 1 amide bonds. The van der Waals surface area contributed by atoms with Crippen LogP contribution in [0, 0.1) is 0 Å². The van der Waals surface area contributed by atoms with Crippen molar-refractivity contribution in [1.29, 1.82) is 0 Å².